The van der Waals surface area contributed by atoms with E-state index in [1.54, 1.807) is 18.2 Å². The summed E-state index contributed by atoms with van der Waals surface area (Å²) >= 11 is 5.62. The van der Waals surface area contributed by atoms with Gasteiger partial charge < -0.3 is 10.5 Å². The molecule has 2 aromatic carbocycles. The maximum atomic E-state index is 14.0. The van der Waals surface area contributed by atoms with E-state index in [2.05, 4.69) is 0 Å². The maximum Gasteiger partial charge on any atom is 0.168 e. The van der Waals surface area contributed by atoms with Crippen LogP contribution in [0.1, 0.15) is 17.2 Å². The first-order valence-electron chi connectivity index (χ1n) is 6.05. The van der Waals surface area contributed by atoms with Crippen LogP contribution in [0.5, 0.6) is 5.75 Å². The fraction of sp³-hybridized carbons (Fsp3) is 0.200. The molecule has 0 heterocycles. The van der Waals surface area contributed by atoms with Gasteiger partial charge in [0.25, 0.3) is 0 Å². The van der Waals surface area contributed by atoms with Crippen LogP contribution in [0.15, 0.2) is 36.4 Å². The Morgan fingerprint density at radius 2 is 2.00 bits per heavy atom. The second-order valence-corrected chi connectivity index (χ2v) is 4.82. The number of benzene rings is 2. The van der Waals surface area contributed by atoms with Gasteiger partial charge in [-0.15, -0.1) is 0 Å². The zero-order valence-electron chi connectivity index (χ0n) is 10.9. The van der Waals surface area contributed by atoms with Gasteiger partial charge in [-0.2, -0.15) is 0 Å². The zero-order chi connectivity index (χ0) is 14.7. The Kier molecular flexibility index (Phi) is 4.57. The minimum absolute atomic E-state index is 0.0357. The highest BCUT2D eigenvalue weighted by Crippen LogP contribution is 2.25. The van der Waals surface area contributed by atoms with Crippen LogP contribution in [0, 0.1) is 11.6 Å². The summed E-state index contributed by atoms with van der Waals surface area (Å²) in [6.07, 6.45) is 0.240. The second kappa shape index (κ2) is 6.20. The molecule has 106 valence electrons. The number of hydrogen-bond donors (Lipinski definition) is 1. The van der Waals surface area contributed by atoms with Gasteiger partial charge in [-0.25, -0.2) is 8.78 Å². The lowest BCUT2D eigenvalue weighted by atomic mass is 9.99. The van der Waals surface area contributed by atoms with Crippen LogP contribution in [0.2, 0.25) is 5.02 Å². The van der Waals surface area contributed by atoms with E-state index in [0.717, 1.165) is 0 Å². The highest BCUT2D eigenvalue weighted by molar-refractivity contribution is 6.30. The molecule has 0 radical (unpaired) electrons. The third kappa shape index (κ3) is 3.08. The minimum Gasteiger partial charge on any atom is -0.494 e. The molecular weight excluding hydrogens is 284 g/mol. The summed E-state index contributed by atoms with van der Waals surface area (Å²) in [4.78, 5) is 0. The first-order valence-corrected chi connectivity index (χ1v) is 6.42. The van der Waals surface area contributed by atoms with Crippen LogP contribution in [0.3, 0.4) is 0 Å². The van der Waals surface area contributed by atoms with Crippen molar-refractivity contribution in [2.24, 2.45) is 5.73 Å². The third-order valence-electron chi connectivity index (χ3n) is 3.07. The smallest absolute Gasteiger partial charge is 0.168 e. The van der Waals surface area contributed by atoms with Crippen LogP contribution >= 0.6 is 11.6 Å². The molecule has 0 aromatic heterocycles. The minimum atomic E-state index is -0.536. The Balaban J connectivity index is 2.23. The van der Waals surface area contributed by atoms with Gasteiger partial charge in [-0.3, -0.25) is 0 Å². The van der Waals surface area contributed by atoms with Crippen LogP contribution < -0.4 is 10.5 Å². The van der Waals surface area contributed by atoms with Crippen molar-refractivity contribution >= 4 is 11.6 Å². The monoisotopic (exact) mass is 297 g/mol. The van der Waals surface area contributed by atoms with Crippen LogP contribution in [-0.2, 0) is 6.42 Å². The number of nitrogens with two attached hydrogens (primary N) is 1. The second-order valence-electron chi connectivity index (χ2n) is 4.42. The van der Waals surface area contributed by atoms with Crippen LogP contribution in [0.25, 0.3) is 0 Å². The summed E-state index contributed by atoms with van der Waals surface area (Å²) in [7, 11) is 1.40. The fourth-order valence-corrected chi connectivity index (χ4v) is 2.09. The highest BCUT2D eigenvalue weighted by Gasteiger charge is 2.14. The average Bonchev–Trinajstić information content (AvgIpc) is 2.44. The van der Waals surface area contributed by atoms with E-state index < -0.39 is 17.7 Å². The third-order valence-corrected chi connectivity index (χ3v) is 3.38. The van der Waals surface area contributed by atoms with Crippen molar-refractivity contribution in [1.82, 2.24) is 0 Å². The molecule has 2 rings (SSSR count). The van der Waals surface area contributed by atoms with Gasteiger partial charge >= 0.3 is 0 Å². The van der Waals surface area contributed by atoms with Crippen LogP contribution in [-0.4, -0.2) is 7.11 Å². The molecule has 2 N–H and O–H groups in total. The van der Waals surface area contributed by atoms with Gasteiger partial charge in [0, 0.05) is 6.04 Å². The molecule has 1 unspecified atom stereocenters. The standard InChI is InChI=1S/C15H14ClF2NO/c1-20-14-4-2-3-10(15(14)18)8-13(19)9-5-6-11(16)12(17)7-9/h2-7,13H,8,19H2,1H3. The van der Waals surface area contributed by atoms with Crippen molar-refractivity contribution in [2.45, 2.75) is 12.5 Å². The predicted octanol–water partition coefficient (Wildman–Crippen LogP) is 3.87. The molecule has 0 spiro atoms. The molecule has 0 amide bonds. The number of ether oxygens (including phenoxy) is 1. The predicted molar refractivity (Wildman–Crippen MR) is 75.0 cm³/mol. The van der Waals surface area contributed by atoms with Crippen LogP contribution in [0.4, 0.5) is 8.78 Å². The van der Waals surface area contributed by atoms with Crippen molar-refractivity contribution < 1.29 is 13.5 Å². The normalized spacial score (nSPS) is 12.2. The molecule has 20 heavy (non-hydrogen) atoms. The van der Waals surface area contributed by atoms with Crippen molar-refractivity contribution in [3.63, 3.8) is 0 Å². The summed E-state index contributed by atoms with van der Waals surface area (Å²) in [6, 6.07) is 8.67. The molecule has 0 fully saturated rings. The van der Waals surface area contributed by atoms with Crippen molar-refractivity contribution in [1.29, 1.82) is 0 Å². The SMILES string of the molecule is COc1cccc(CC(N)c2ccc(Cl)c(F)c2)c1F. The molecule has 0 saturated heterocycles. The lowest BCUT2D eigenvalue weighted by Crippen LogP contribution is -2.14. The lowest BCUT2D eigenvalue weighted by Gasteiger charge is -2.14. The van der Waals surface area contributed by atoms with Crippen molar-refractivity contribution in [2.75, 3.05) is 7.11 Å². The fourth-order valence-electron chi connectivity index (χ4n) is 1.97. The van der Waals surface area contributed by atoms with Crippen molar-refractivity contribution in [3.05, 3.63) is 64.2 Å². The first-order chi connectivity index (χ1) is 9.52. The summed E-state index contributed by atoms with van der Waals surface area (Å²) in [5, 5.41) is 0.0357. The highest BCUT2D eigenvalue weighted by atomic mass is 35.5. The van der Waals surface area contributed by atoms with Crippen molar-refractivity contribution in [3.8, 4) is 5.75 Å². The molecule has 5 heteroatoms. The first kappa shape index (κ1) is 14.8. The largest absolute Gasteiger partial charge is 0.494 e. The maximum absolute atomic E-state index is 14.0. The Hall–Kier alpha value is -1.65. The number of halogens is 3. The van der Waals surface area contributed by atoms with E-state index in [-0.39, 0.29) is 17.2 Å². The zero-order valence-corrected chi connectivity index (χ0v) is 11.6. The van der Waals surface area contributed by atoms with Gasteiger partial charge in [-0.05, 0) is 35.7 Å². The average molecular weight is 298 g/mol. The topological polar surface area (TPSA) is 35.2 Å². The quantitative estimate of drug-likeness (QED) is 0.930. The Morgan fingerprint density at radius 3 is 2.65 bits per heavy atom. The molecular formula is C15H14ClF2NO. The molecule has 2 aromatic rings. The van der Waals surface area contributed by atoms with Gasteiger partial charge in [0.2, 0.25) is 0 Å². The summed E-state index contributed by atoms with van der Waals surface area (Å²) in [6.45, 7) is 0. The molecule has 0 aliphatic carbocycles. The Labute approximate surface area is 121 Å². The van der Waals surface area contributed by atoms with E-state index in [4.69, 9.17) is 22.1 Å². The Morgan fingerprint density at radius 1 is 1.25 bits per heavy atom. The molecule has 0 aliphatic rings. The summed E-state index contributed by atoms with van der Waals surface area (Å²) in [5.41, 5.74) is 6.98. The van der Waals surface area contributed by atoms with Gasteiger partial charge in [0.05, 0.1) is 12.1 Å². The summed E-state index contributed by atoms with van der Waals surface area (Å²) in [5.74, 6) is -0.817. The van der Waals surface area contributed by atoms with E-state index in [0.29, 0.717) is 11.1 Å². The van der Waals surface area contributed by atoms with E-state index >= 15 is 0 Å². The molecule has 0 aliphatic heterocycles. The summed E-state index contributed by atoms with van der Waals surface area (Å²) < 4.78 is 32.3. The number of hydrogen-bond acceptors (Lipinski definition) is 2. The van der Waals surface area contributed by atoms with E-state index in [1.165, 1.54) is 25.3 Å². The van der Waals surface area contributed by atoms with Gasteiger partial charge in [0.15, 0.2) is 11.6 Å². The number of methoxy groups -OCH3 is 1. The number of rotatable bonds is 4. The van der Waals surface area contributed by atoms with E-state index in [1.807, 2.05) is 0 Å². The molecule has 2 nitrogen and oxygen atoms in total. The van der Waals surface area contributed by atoms with E-state index in [9.17, 15) is 8.78 Å². The lowest BCUT2D eigenvalue weighted by molar-refractivity contribution is 0.383. The molecule has 0 saturated carbocycles. The van der Waals surface area contributed by atoms with Gasteiger partial charge in [-0.1, -0.05) is 29.8 Å². The van der Waals surface area contributed by atoms with Gasteiger partial charge in [0.1, 0.15) is 5.82 Å². The Bertz CT molecular complexity index is 619. The molecule has 0 bridgehead atoms. The molecule has 1 atom stereocenters.